The third-order valence-electron chi connectivity index (χ3n) is 4.31. The van der Waals surface area contributed by atoms with Crippen LogP contribution in [0.5, 0.6) is 11.5 Å². The van der Waals surface area contributed by atoms with Crippen LogP contribution in [-0.4, -0.2) is 25.0 Å². The van der Waals surface area contributed by atoms with Crippen molar-refractivity contribution in [2.75, 3.05) is 13.2 Å². The predicted molar refractivity (Wildman–Crippen MR) is 126 cm³/mol. The molecule has 0 aliphatic heterocycles. The number of amides is 2. The van der Waals surface area contributed by atoms with Gasteiger partial charge in [0.2, 0.25) is 5.91 Å². The van der Waals surface area contributed by atoms with E-state index in [9.17, 15) is 9.59 Å². The molecule has 0 saturated heterocycles. The van der Waals surface area contributed by atoms with E-state index in [1.807, 2.05) is 19.1 Å². The Morgan fingerprint density at radius 2 is 1.74 bits per heavy atom. The number of hydrogen-bond acceptors (Lipinski definition) is 4. The Hall–Kier alpha value is -1.96. The van der Waals surface area contributed by atoms with Gasteiger partial charge in [-0.05, 0) is 60.7 Å². The maximum Gasteiger partial charge on any atom is 0.276 e. The molecule has 0 saturated carbocycles. The molecule has 0 unspecified atom stereocenters. The van der Waals surface area contributed by atoms with Crippen LogP contribution in [0.1, 0.15) is 43.7 Å². The summed E-state index contributed by atoms with van der Waals surface area (Å²) in [6, 6.07) is 8.81. The number of rotatable bonds is 9. The number of ether oxygens (including phenoxy) is 2. The fourth-order valence-corrected chi connectivity index (χ4v) is 3.46. The minimum atomic E-state index is -0.451. The summed E-state index contributed by atoms with van der Waals surface area (Å²) in [6.45, 7) is 6.14. The number of aryl methyl sites for hydroxylation is 1. The van der Waals surface area contributed by atoms with Gasteiger partial charge in [0.25, 0.3) is 5.91 Å². The van der Waals surface area contributed by atoms with Crippen LogP contribution >= 0.6 is 39.1 Å². The second-order valence-electron chi connectivity index (χ2n) is 7.21. The molecule has 0 heterocycles. The van der Waals surface area contributed by atoms with Crippen LogP contribution in [0.4, 0.5) is 0 Å². The molecular formula is C22H25BrCl2N2O4. The van der Waals surface area contributed by atoms with E-state index in [1.165, 1.54) is 0 Å². The molecule has 0 atom stereocenters. The summed E-state index contributed by atoms with van der Waals surface area (Å²) in [5.41, 5.74) is 6.73. The highest BCUT2D eigenvalue weighted by Crippen LogP contribution is 2.32. The van der Waals surface area contributed by atoms with E-state index in [2.05, 4.69) is 40.6 Å². The number of halogens is 3. The first-order valence-electron chi connectivity index (χ1n) is 9.75. The Bertz CT molecular complexity index is 938. The van der Waals surface area contributed by atoms with Crippen LogP contribution in [0.3, 0.4) is 0 Å². The Kier molecular flexibility index (Phi) is 9.93. The fourth-order valence-electron chi connectivity index (χ4n) is 2.64. The Balaban J connectivity index is 1.70. The van der Waals surface area contributed by atoms with Crippen molar-refractivity contribution in [2.45, 2.75) is 39.5 Å². The summed E-state index contributed by atoms with van der Waals surface area (Å²) in [5, 5.41) is 0.929. The largest absolute Gasteiger partial charge is 0.492 e. The van der Waals surface area contributed by atoms with Crippen LogP contribution in [0.15, 0.2) is 34.8 Å². The lowest BCUT2D eigenvalue weighted by atomic mass is 10.0. The van der Waals surface area contributed by atoms with Crippen molar-refractivity contribution in [1.82, 2.24) is 10.9 Å². The molecule has 0 fully saturated rings. The van der Waals surface area contributed by atoms with Gasteiger partial charge in [0, 0.05) is 15.9 Å². The SMILES string of the molecule is Cc1cc(OCC(=O)NNC(=O)CCCOc2ccc(Cl)cc2Cl)c(C(C)C)cc1Br. The van der Waals surface area contributed by atoms with Gasteiger partial charge in [-0.2, -0.15) is 0 Å². The third kappa shape index (κ3) is 8.24. The van der Waals surface area contributed by atoms with Crippen molar-refractivity contribution in [3.8, 4) is 11.5 Å². The number of carbonyl (C=O) groups excluding carboxylic acids is 2. The highest BCUT2D eigenvalue weighted by Gasteiger charge is 2.13. The first-order valence-corrected chi connectivity index (χ1v) is 11.3. The first-order chi connectivity index (χ1) is 14.7. The van der Waals surface area contributed by atoms with Gasteiger partial charge in [-0.25, -0.2) is 0 Å². The minimum absolute atomic E-state index is 0.176. The zero-order valence-electron chi connectivity index (χ0n) is 17.6. The van der Waals surface area contributed by atoms with Gasteiger partial charge in [-0.15, -0.1) is 0 Å². The van der Waals surface area contributed by atoms with Crippen molar-refractivity contribution in [2.24, 2.45) is 0 Å². The van der Waals surface area contributed by atoms with E-state index in [4.69, 9.17) is 32.7 Å². The zero-order valence-corrected chi connectivity index (χ0v) is 20.7. The van der Waals surface area contributed by atoms with Crippen molar-refractivity contribution in [3.05, 3.63) is 56.0 Å². The Labute approximate surface area is 200 Å². The molecule has 0 aromatic heterocycles. The van der Waals surface area contributed by atoms with E-state index >= 15 is 0 Å². The van der Waals surface area contributed by atoms with Crippen LogP contribution in [0.2, 0.25) is 10.0 Å². The van der Waals surface area contributed by atoms with Crippen LogP contribution in [-0.2, 0) is 9.59 Å². The summed E-state index contributed by atoms with van der Waals surface area (Å²) < 4.78 is 12.2. The number of benzene rings is 2. The summed E-state index contributed by atoms with van der Waals surface area (Å²) in [6.07, 6.45) is 0.628. The van der Waals surface area contributed by atoms with Gasteiger partial charge in [-0.1, -0.05) is 53.0 Å². The van der Waals surface area contributed by atoms with Gasteiger partial charge in [0.1, 0.15) is 11.5 Å². The molecule has 168 valence electrons. The van der Waals surface area contributed by atoms with Gasteiger partial charge >= 0.3 is 0 Å². The molecule has 0 radical (unpaired) electrons. The standard InChI is InChI=1S/C22H25BrCl2N2O4/c1-13(2)16-11-17(23)14(3)9-20(16)31-12-22(29)27-26-21(28)5-4-8-30-19-7-6-15(24)10-18(19)25/h6-7,9-11,13H,4-5,8,12H2,1-3H3,(H,26,28)(H,27,29). The summed E-state index contributed by atoms with van der Waals surface area (Å²) in [7, 11) is 0. The van der Waals surface area contributed by atoms with Crippen molar-refractivity contribution < 1.29 is 19.1 Å². The molecule has 0 spiro atoms. The highest BCUT2D eigenvalue weighted by atomic mass is 79.9. The molecule has 2 amide bonds. The average molecular weight is 532 g/mol. The summed E-state index contributed by atoms with van der Waals surface area (Å²) >= 11 is 15.4. The molecule has 9 heteroatoms. The smallest absolute Gasteiger partial charge is 0.276 e. The van der Waals surface area contributed by atoms with E-state index in [0.29, 0.717) is 34.6 Å². The zero-order chi connectivity index (χ0) is 23.0. The quantitative estimate of drug-likeness (QED) is 0.327. The Morgan fingerprint density at radius 3 is 2.42 bits per heavy atom. The monoisotopic (exact) mass is 530 g/mol. The molecule has 0 bridgehead atoms. The molecule has 0 aliphatic rings. The topological polar surface area (TPSA) is 76.7 Å². The number of nitrogens with one attached hydrogen (secondary N) is 2. The molecule has 31 heavy (non-hydrogen) atoms. The normalized spacial score (nSPS) is 10.7. The van der Waals surface area contributed by atoms with Crippen LogP contribution in [0.25, 0.3) is 0 Å². The average Bonchev–Trinajstić information content (AvgIpc) is 2.71. The Morgan fingerprint density at radius 1 is 1.03 bits per heavy atom. The van der Waals surface area contributed by atoms with Gasteiger partial charge in [0.05, 0.1) is 11.6 Å². The maximum absolute atomic E-state index is 12.0. The third-order valence-corrected chi connectivity index (χ3v) is 5.70. The summed E-state index contributed by atoms with van der Waals surface area (Å²) in [5.74, 6) is 0.602. The van der Waals surface area contributed by atoms with E-state index < -0.39 is 5.91 Å². The number of hydrazine groups is 1. The number of hydrogen-bond donors (Lipinski definition) is 2. The highest BCUT2D eigenvalue weighted by molar-refractivity contribution is 9.10. The van der Waals surface area contributed by atoms with Crippen LogP contribution in [0, 0.1) is 6.92 Å². The van der Waals surface area contributed by atoms with Crippen molar-refractivity contribution in [3.63, 3.8) is 0 Å². The maximum atomic E-state index is 12.0. The van der Waals surface area contributed by atoms with Gasteiger partial charge in [-0.3, -0.25) is 20.4 Å². The first kappa shape index (κ1) is 25.3. The van der Waals surface area contributed by atoms with Crippen molar-refractivity contribution >= 4 is 50.9 Å². The number of carbonyl (C=O) groups is 2. The second kappa shape index (κ2) is 12.2. The lowest BCUT2D eigenvalue weighted by Crippen LogP contribution is -2.43. The minimum Gasteiger partial charge on any atom is -0.492 e. The van der Waals surface area contributed by atoms with Gasteiger partial charge < -0.3 is 9.47 Å². The van der Waals surface area contributed by atoms with Gasteiger partial charge in [0.15, 0.2) is 6.61 Å². The van der Waals surface area contributed by atoms with E-state index in [1.54, 1.807) is 18.2 Å². The second-order valence-corrected chi connectivity index (χ2v) is 8.90. The van der Waals surface area contributed by atoms with Crippen LogP contribution < -0.4 is 20.3 Å². The molecule has 2 rings (SSSR count). The molecule has 0 aliphatic carbocycles. The molecule has 2 aromatic carbocycles. The molecular weight excluding hydrogens is 507 g/mol. The molecule has 6 nitrogen and oxygen atoms in total. The van der Waals surface area contributed by atoms with Crippen molar-refractivity contribution in [1.29, 1.82) is 0 Å². The lowest BCUT2D eigenvalue weighted by Gasteiger charge is -2.16. The van der Waals surface area contributed by atoms with E-state index in [-0.39, 0.29) is 24.9 Å². The lowest BCUT2D eigenvalue weighted by molar-refractivity contribution is -0.130. The summed E-state index contributed by atoms with van der Waals surface area (Å²) in [4.78, 5) is 23.9. The molecule has 2 aromatic rings. The molecule has 2 N–H and O–H groups in total. The van der Waals surface area contributed by atoms with E-state index in [0.717, 1.165) is 15.6 Å². The fraction of sp³-hybridized carbons (Fsp3) is 0.364. The predicted octanol–water partition coefficient (Wildman–Crippen LogP) is 5.57.